The fraction of sp³-hybridized carbons (Fsp3) is 0.0968. The van der Waals surface area contributed by atoms with Crippen molar-refractivity contribution in [1.82, 2.24) is 4.98 Å². The molecule has 7 rings (SSSR count). The highest BCUT2D eigenvalue weighted by Crippen LogP contribution is 2.54. The van der Waals surface area contributed by atoms with Crippen molar-refractivity contribution in [2.45, 2.75) is 19.0 Å². The third-order valence-corrected chi connectivity index (χ3v) is 7.47. The lowest BCUT2D eigenvalue weighted by atomic mass is 9.84. The third-order valence-electron chi connectivity index (χ3n) is 7.47. The van der Waals surface area contributed by atoms with Gasteiger partial charge in [-0.1, -0.05) is 30.3 Å². The number of anilines is 2. The Kier molecular flexibility index (Phi) is 5.02. The molecule has 196 valence electrons. The van der Waals surface area contributed by atoms with Crippen LogP contribution in [0.15, 0.2) is 94.3 Å². The second-order valence-corrected chi connectivity index (χ2v) is 9.85. The topological polar surface area (TPSA) is 83.7 Å². The summed E-state index contributed by atoms with van der Waals surface area (Å²) in [5.41, 5.74) is -0.574. The van der Waals surface area contributed by atoms with Crippen molar-refractivity contribution in [3.05, 3.63) is 135 Å². The van der Waals surface area contributed by atoms with Crippen LogP contribution < -0.4 is 15.2 Å². The van der Waals surface area contributed by atoms with Gasteiger partial charge in [0, 0.05) is 11.8 Å². The molecule has 4 heterocycles. The number of pyridine rings is 1. The van der Waals surface area contributed by atoms with Crippen LogP contribution in [0.1, 0.15) is 32.8 Å². The van der Waals surface area contributed by atoms with Crippen molar-refractivity contribution in [3.8, 4) is 0 Å². The average Bonchev–Trinajstić information content (AvgIpc) is 3.35. The highest BCUT2D eigenvalue weighted by atomic mass is 19.1. The van der Waals surface area contributed by atoms with Gasteiger partial charge in [-0.05, 0) is 66.6 Å². The summed E-state index contributed by atoms with van der Waals surface area (Å²) in [6.07, 6.45) is 1.51. The van der Waals surface area contributed by atoms with E-state index in [0.29, 0.717) is 16.8 Å². The molecule has 2 aliphatic rings. The van der Waals surface area contributed by atoms with Gasteiger partial charge in [-0.15, -0.1) is 0 Å². The van der Waals surface area contributed by atoms with Crippen LogP contribution in [0.4, 0.5) is 20.3 Å². The number of hydrogen-bond donors (Lipinski definition) is 0. The van der Waals surface area contributed by atoms with E-state index in [4.69, 9.17) is 4.42 Å². The molecule has 0 saturated carbocycles. The number of amides is 2. The smallest absolute Gasteiger partial charge is 0.297 e. The quantitative estimate of drug-likeness (QED) is 0.316. The minimum absolute atomic E-state index is 0.0228. The molecule has 0 aliphatic carbocycles. The van der Waals surface area contributed by atoms with Crippen LogP contribution in [0.5, 0.6) is 0 Å². The lowest BCUT2D eigenvalue weighted by Crippen LogP contribution is -2.54. The van der Waals surface area contributed by atoms with Crippen molar-refractivity contribution < 1.29 is 22.8 Å². The lowest BCUT2D eigenvalue weighted by molar-refractivity contribution is -0.121. The van der Waals surface area contributed by atoms with E-state index in [2.05, 4.69) is 4.98 Å². The zero-order valence-corrected chi connectivity index (χ0v) is 21.0. The number of carbonyl (C=O) groups excluding carboxylic acids is 2. The van der Waals surface area contributed by atoms with E-state index in [1.165, 1.54) is 34.2 Å². The van der Waals surface area contributed by atoms with Gasteiger partial charge < -0.3 is 9.32 Å². The van der Waals surface area contributed by atoms with Crippen molar-refractivity contribution in [2.75, 3.05) is 9.80 Å². The molecule has 3 aromatic carbocycles. The maximum atomic E-state index is 14.8. The highest BCUT2D eigenvalue weighted by molar-refractivity contribution is 6.24. The molecule has 1 atom stereocenters. The van der Waals surface area contributed by atoms with Gasteiger partial charge >= 0.3 is 0 Å². The summed E-state index contributed by atoms with van der Waals surface area (Å²) < 4.78 is 33.9. The molecular formula is C31H19F2N3O4. The fourth-order valence-corrected chi connectivity index (χ4v) is 5.75. The van der Waals surface area contributed by atoms with Gasteiger partial charge in [-0.2, -0.15) is 0 Å². The predicted octanol–water partition coefficient (Wildman–Crippen LogP) is 5.23. The molecule has 0 radical (unpaired) electrons. The van der Waals surface area contributed by atoms with Crippen LogP contribution in [-0.4, -0.2) is 16.8 Å². The van der Waals surface area contributed by atoms with Crippen LogP contribution in [0.2, 0.25) is 0 Å². The minimum atomic E-state index is -1.97. The van der Waals surface area contributed by atoms with Gasteiger partial charge in [0.25, 0.3) is 11.8 Å². The Labute approximate surface area is 225 Å². The number of fused-ring (bicyclic) bond motifs is 5. The molecule has 1 spiro atoms. The molecule has 2 amide bonds. The van der Waals surface area contributed by atoms with E-state index in [-0.39, 0.29) is 34.7 Å². The first-order valence-electron chi connectivity index (χ1n) is 12.5. The molecule has 40 heavy (non-hydrogen) atoms. The molecule has 5 aromatic rings. The van der Waals surface area contributed by atoms with Crippen LogP contribution in [0.3, 0.4) is 0 Å². The van der Waals surface area contributed by atoms with Crippen LogP contribution >= 0.6 is 0 Å². The predicted molar refractivity (Wildman–Crippen MR) is 143 cm³/mol. The van der Waals surface area contributed by atoms with E-state index in [1.807, 2.05) is 6.92 Å². The van der Waals surface area contributed by atoms with Crippen LogP contribution in [-0.2, 0) is 16.9 Å². The third kappa shape index (κ3) is 3.14. The number of aryl methyl sites for hydroxylation is 1. The van der Waals surface area contributed by atoms with Gasteiger partial charge in [0.05, 0.1) is 23.2 Å². The van der Waals surface area contributed by atoms with Crippen molar-refractivity contribution in [3.63, 3.8) is 0 Å². The number of carbonyl (C=O) groups is 2. The molecule has 0 fully saturated rings. The number of benzene rings is 3. The summed E-state index contributed by atoms with van der Waals surface area (Å²) >= 11 is 0. The van der Waals surface area contributed by atoms with E-state index >= 15 is 0 Å². The molecule has 1 unspecified atom stereocenters. The average molecular weight is 536 g/mol. The number of para-hydroxylation sites is 1. The van der Waals surface area contributed by atoms with Crippen LogP contribution in [0, 0.1) is 18.6 Å². The lowest BCUT2D eigenvalue weighted by Gasteiger charge is -2.33. The monoisotopic (exact) mass is 535 g/mol. The van der Waals surface area contributed by atoms with Crippen molar-refractivity contribution in [2.24, 2.45) is 0 Å². The summed E-state index contributed by atoms with van der Waals surface area (Å²) in [5.74, 6) is -2.54. The molecule has 0 bridgehead atoms. The summed E-state index contributed by atoms with van der Waals surface area (Å²) in [4.78, 5) is 50.1. The summed E-state index contributed by atoms with van der Waals surface area (Å²) in [7, 11) is 0. The zero-order valence-electron chi connectivity index (χ0n) is 21.0. The van der Waals surface area contributed by atoms with Gasteiger partial charge in [-0.25, -0.2) is 13.8 Å². The molecule has 0 N–H and O–H groups in total. The molecule has 0 saturated heterocycles. The van der Waals surface area contributed by atoms with Gasteiger partial charge in [0.15, 0.2) is 11.0 Å². The first-order valence-corrected chi connectivity index (χ1v) is 12.5. The molecule has 2 aromatic heterocycles. The van der Waals surface area contributed by atoms with E-state index in [1.54, 1.807) is 48.5 Å². The summed E-state index contributed by atoms with van der Waals surface area (Å²) in [6, 6.07) is 19.4. The number of halogens is 2. The molecule has 9 heteroatoms. The first kappa shape index (κ1) is 23.9. The minimum Gasteiger partial charge on any atom is -0.450 e. The zero-order chi connectivity index (χ0) is 27.8. The Hall–Kier alpha value is -5.18. The Balaban J connectivity index is 1.56. The molecule has 7 nitrogen and oxygen atoms in total. The van der Waals surface area contributed by atoms with E-state index < -0.39 is 34.4 Å². The number of nitrogens with zero attached hydrogens (tertiary/aromatic N) is 3. The Bertz CT molecular complexity index is 1950. The standard InChI is InChI=1S/C31H19F2N3O4/c1-17-12-13-34-25(14-17)36-29(38)28-26(27(37)21-15-20(33)10-11-24(21)40-28)31(36)22-4-2-3-5-23(22)35(30(31)39)16-18-6-8-19(32)9-7-18/h2-15H,16H2,1H3. The maximum absolute atomic E-state index is 14.8. The van der Waals surface area contributed by atoms with Gasteiger partial charge in [0.2, 0.25) is 5.76 Å². The Morgan fingerprint density at radius 1 is 0.900 bits per heavy atom. The van der Waals surface area contributed by atoms with E-state index in [9.17, 15) is 23.2 Å². The first-order chi connectivity index (χ1) is 19.3. The SMILES string of the molecule is Cc1ccnc(N2C(=O)c3oc4ccc(F)cc4c(=O)c3C23C(=O)N(Cc2ccc(F)cc2)c2ccccc23)c1. The molecular weight excluding hydrogens is 516 g/mol. The van der Waals surface area contributed by atoms with Crippen molar-refractivity contribution in [1.29, 1.82) is 0 Å². The maximum Gasteiger partial charge on any atom is 0.297 e. The van der Waals surface area contributed by atoms with Crippen molar-refractivity contribution >= 4 is 34.3 Å². The van der Waals surface area contributed by atoms with Gasteiger partial charge in [0.1, 0.15) is 23.0 Å². The molecule has 2 aliphatic heterocycles. The summed E-state index contributed by atoms with van der Waals surface area (Å²) in [6.45, 7) is 1.86. The number of rotatable bonds is 3. The fourth-order valence-electron chi connectivity index (χ4n) is 5.75. The second kappa shape index (κ2) is 8.41. The normalized spacial score (nSPS) is 17.7. The Morgan fingerprint density at radius 2 is 1.65 bits per heavy atom. The number of hydrogen-bond acceptors (Lipinski definition) is 5. The Morgan fingerprint density at radius 3 is 2.42 bits per heavy atom. The number of aromatic nitrogens is 1. The summed E-state index contributed by atoms with van der Waals surface area (Å²) in [5, 5.41) is -0.0905. The largest absolute Gasteiger partial charge is 0.450 e. The van der Waals surface area contributed by atoms with Crippen LogP contribution in [0.25, 0.3) is 11.0 Å². The van der Waals surface area contributed by atoms with Gasteiger partial charge in [-0.3, -0.25) is 19.3 Å². The highest BCUT2D eigenvalue weighted by Gasteiger charge is 2.66. The van der Waals surface area contributed by atoms with E-state index in [0.717, 1.165) is 17.7 Å². The second-order valence-electron chi connectivity index (χ2n) is 9.85.